The number of amides is 1. The lowest BCUT2D eigenvalue weighted by Crippen LogP contribution is -2.28. The summed E-state index contributed by atoms with van der Waals surface area (Å²) >= 11 is 9.27. The van der Waals surface area contributed by atoms with E-state index in [1.54, 1.807) is 29.5 Å². The molecular weight excluding hydrogens is 456 g/mol. The number of nitrogens with zero attached hydrogens (tertiary/aromatic N) is 5. The average molecular weight is 469 g/mol. The normalized spacial score (nSPS) is 11.1. The first-order valence-electron chi connectivity index (χ1n) is 9.05. The minimum absolute atomic E-state index is 0.190. The van der Waals surface area contributed by atoms with Crippen LogP contribution in [-0.2, 0) is 11.3 Å². The van der Waals surface area contributed by atoms with Gasteiger partial charge in [0.25, 0.3) is 5.56 Å². The Morgan fingerprint density at radius 2 is 2.06 bits per heavy atom. The molecule has 0 fully saturated rings. The number of fused-ring (bicyclic) bond motifs is 1. The SMILES string of the molecule is O=C(Cn1cnc2scc(-c3cccs3)c2c1=O)Nc1cccc(Cl)c1-n1cncn1. The number of halogens is 1. The van der Waals surface area contributed by atoms with E-state index in [1.165, 1.54) is 39.6 Å². The summed E-state index contributed by atoms with van der Waals surface area (Å²) < 4.78 is 2.78. The van der Waals surface area contributed by atoms with E-state index in [1.807, 2.05) is 22.9 Å². The largest absolute Gasteiger partial charge is 0.323 e. The highest BCUT2D eigenvalue weighted by atomic mass is 35.5. The maximum absolute atomic E-state index is 13.1. The second-order valence-electron chi connectivity index (χ2n) is 6.51. The molecule has 1 amide bonds. The molecule has 1 N–H and O–H groups in total. The van der Waals surface area contributed by atoms with Crippen LogP contribution in [0, 0.1) is 0 Å². The van der Waals surface area contributed by atoms with Crippen molar-refractivity contribution in [1.82, 2.24) is 24.3 Å². The van der Waals surface area contributed by atoms with Crippen molar-refractivity contribution in [3.8, 4) is 16.1 Å². The van der Waals surface area contributed by atoms with Gasteiger partial charge in [0.05, 0.1) is 22.4 Å². The summed E-state index contributed by atoms with van der Waals surface area (Å²) in [6.07, 6.45) is 4.26. The fraction of sp³-hybridized carbons (Fsp3) is 0.0500. The predicted octanol–water partition coefficient (Wildman–Crippen LogP) is 4.06. The number of anilines is 1. The summed E-state index contributed by atoms with van der Waals surface area (Å²) in [4.78, 5) is 35.8. The molecule has 0 radical (unpaired) electrons. The molecule has 8 nitrogen and oxygen atoms in total. The van der Waals surface area contributed by atoms with Crippen LogP contribution in [0.15, 0.2) is 64.9 Å². The van der Waals surface area contributed by atoms with Gasteiger partial charge in [0.15, 0.2) is 0 Å². The number of aromatic nitrogens is 5. The van der Waals surface area contributed by atoms with Gasteiger partial charge in [-0.25, -0.2) is 14.6 Å². The molecular formula is C20H13ClN6O2S2. The second-order valence-corrected chi connectivity index (χ2v) is 8.72. The summed E-state index contributed by atoms with van der Waals surface area (Å²) in [5.74, 6) is -0.389. The van der Waals surface area contributed by atoms with Crippen LogP contribution in [0.5, 0.6) is 0 Å². The van der Waals surface area contributed by atoms with E-state index in [4.69, 9.17) is 11.6 Å². The topological polar surface area (TPSA) is 94.7 Å². The molecule has 0 unspecified atom stereocenters. The maximum atomic E-state index is 13.1. The zero-order valence-electron chi connectivity index (χ0n) is 15.7. The molecule has 0 bridgehead atoms. The van der Waals surface area contributed by atoms with Crippen molar-refractivity contribution >= 4 is 56.1 Å². The number of carbonyl (C=O) groups excluding carboxylic acids is 1. The molecule has 154 valence electrons. The smallest absolute Gasteiger partial charge is 0.263 e. The maximum Gasteiger partial charge on any atom is 0.263 e. The van der Waals surface area contributed by atoms with Crippen molar-refractivity contribution in [2.24, 2.45) is 0 Å². The van der Waals surface area contributed by atoms with Crippen LogP contribution in [0.3, 0.4) is 0 Å². The Kier molecular flexibility index (Phi) is 5.10. The molecule has 31 heavy (non-hydrogen) atoms. The highest BCUT2D eigenvalue weighted by molar-refractivity contribution is 7.18. The Labute approximate surface area is 188 Å². The fourth-order valence-corrected chi connectivity index (χ4v) is 5.19. The zero-order valence-corrected chi connectivity index (χ0v) is 18.1. The van der Waals surface area contributed by atoms with Crippen LogP contribution in [0.1, 0.15) is 0 Å². The number of carbonyl (C=O) groups is 1. The zero-order chi connectivity index (χ0) is 21.4. The minimum Gasteiger partial charge on any atom is -0.323 e. The van der Waals surface area contributed by atoms with Gasteiger partial charge < -0.3 is 5.32 Å². The van der Waals surface area contributed by atoms with Gasteiger partial charge in [-0.2, -0.15) is 5.10 Å². The van der Waals surface area contributed by atoms with Crippen molar-refractivity contribution in [3.63, 3.8) is 0 Å². The van der Waals surface area contributed by atoms with E-state index >= 15 is 0 Å². The molecule has 0 aliphatic heterocycles. The monoisotopic (exact) mass is 468 g/mol. The summed E-state index contributed by atoms with van der Waals surface area (Å²) in [5.41, 5.74) is 1.53. The van der Waals surface area contributed by atoms with Gasteiger partial charge in [0.2, 0.25) is 5.91 Å². The lowest BCUT2D eigenvalue weighted by Gasteiger charge is -2.13. The van der Waals surface area contributed by atoms with E-state index in [-0.39, 0.29) is 18.0 Å². The third-order valence-electron chi connectivity index (χ3n) is 4.57. The Hall–Kier alpha value is -3.34. The van der Waals surface area contributed by atoms with Gasteiger partial charge in [0.1, 0.15) is 29.7 Å². The Balaban J connectivity index is 1.46. The van der Waals surface area contributed by atoms with E-state index in [2.05, 4.69) is 20.4 Å². The first-order valence-corrected chi connectivity index (χ1v) is 11.2. The molecule has 0 saturated carbocycles. The summed E-state index contributed by atoms with van der Waals surface area (Å²) in [6, 6.07) is 9.01. The van der Waals surface area contributed by atoms with Crippen molar-refractivity contribution in [1.29, 1.82) is 0 Å². The van der Waals surface area contributed by atoms with Crippen LogP contribution in [0.25, 0.3) is 26.3 Å². The van der Waals surface area contributed by atoms with E-state index in [0.29, 0.717) is 26.6 Å². The van der Waals surface area contributed by atoms with Crippen molar-refractivity contribution < 1.29 is 4.79 Å². The highest BCUT2D eigenvalue weighted by Crippen LogP contribution is 2.33. The Morgan fingerprint density at radius 3 is 2.84 bits per heavy atom. The predicted molar refractivity (Wildman–Crippen MR) is 122 cm³/mol. The summed E-state index contributed by atoms with van der Waals surface area (Å²) in [5, 5.41) is 11.7. The Bertz CT molecular complexity index is 1440. The fourth-order valence-electron chi connectivity index (χ4n) is 3.21. The lowest BCUT2D eigenvalue weighted by atomic mass is 10.2. The van der Waals surface area contributed by atoms with Gasteiger partial charge in [-0.1, -0.05) is 23.7 Å². The van der Waals surface area contributed by atoms with Gasteiger partial charge in [-0.3, -0.25) is 14.2 Å². The van der Waals surface area contributed by atoms with Crippen molar-refractivity contribution in [3.05, 3.63) is 75.5 Å². The van der Waals surface area contributed by atoms with Crippen LogP contribution >= 0.6 is 34.3 Å². The van der Waals surface area contributed by atoms with Gasteiger partial charge in [-0.15, -0.1) is 22.7 Å². The van der Waals surface area contributed by atoms with Crippen LogP contribution < -0.4 is 10.9 Å². The quantitative estimate of drug-likeness (QED) is 0.419. The number of benzene rings is 1. The van der Waals surface area contributed by atoms with Gasteiger partial charge in [0, 0.05) is 15.8 Å². The molecule has 4 heterocycles. The summed E-state index contributed by atoms with van der Waals surface area (Å²) in [6.45, 7) is -0.190. The highest BCUT2D eigenvalue weighted by Gasteiger charge is 2.17. The molecule has 5 aromatic rings. The third kappa shape index (κ3) is 3.65. The third-order valence-corrected chi connectivity index (χ3v) is 6.66. The van der Waals surface area contributed by atoms with Gasteiger partial charge >= 0.3 is 0 Å². The molecule has 0 spiro atoms. The Morgan fingerprint density at radius 1 is 1.16 bits per heavy atom. The van der Waals surface area contributed by atoms with Crippen LogP contribution in [0.2, 0.25) is 5.02 Å². The molecule has 5 rings (SSSR count). The minimum atomic E-state index is -0.389. The molecule has 0 aliphatic carbocycles. The van der Waals surface area contributed by atoms with E-state index in [0.717, 1.165) is 10.4 Å². The number of rotatable bonds is 5. The number of nitrogens with one attached hydrogen (secondary N) is 1. The van der Waals surface area contributed by atoms with E-state index in [9.17, 15) is 9.59 Å². The first kappa shape index (κ1) is 19.6. The summed E-state index contributed by atoms with van der Waals surface area (Å²) in [7, 11) is 0. The molecule has 0 aliphatic rings. The molecule has 4 aromatic heterocycles. The molecule has 1 aromatic carbocycles. The van der Waals surface area contributed by atoms with Crippen molar-refractivity contribution in [2.45, 2.75) is 6.54 Å². The van der Waals surface area contributed by atoms with Crippen LogP contribution in [0.4, 0.5) is 5.69 Å². The number of hydrogen-bond acceptors (Lipinski definition) is 7. The molecule has 0 saturated heterocycles. The van der Waals surface area contributed by atoms with Crippen molar-refractivity contribution in [2.75, 3.05) is 5.32 Å². The molecule has 11 heteroatoms. The van der Waals surface area contributed by atoms with Crippen LogP contribution in [-0.4, -0.2) is 30.2 Å². The average Bonchev–Trinajstić information content (AvgIpc) is 3.51. The van der Waals surface area contributed by atoms with Gasteiger partial charge in [-0.05, 0) is 23.6 Å². The number of thiophene rings is 2. The lowest BCUT2D eigenvalue weighted by molar-refractivity contribution is -0.116. The number of para-hydroxylation sites is 1. The molecule has 0 atom stereocenters. The standard InChI is InChI=1S/C20H13ClN6O2S2/c21-13-3-1-4-14(18(13)27-10-22-9-24-27)25-16(28)7-26-11-23-19-17(20(26)29)12(8-31-19)15-5-2-6-30-15/h1-6,8-11H,7H2,(H,25,28). The second kappa shape index (κ2) is 8.06. The number of hydrogen-bond donors (Lipinski definition) is 1. The van der Waals surface area contributed by atoms with E-state index < -0.39 is 0 Å². The first-order chi connectivity index (χ1) is 15.1.